The van der Waals surface area contributed by atoms with Crippen molar-refractivity contribution in [2.45, 2.75) is 5.54 Å². The molecule has 0 spiro atoms. The summed E-state index contributed by atoms with van der Waals surface area (Å²) in [5.41, 5.74) is 4.60. The molecule has 6 N–H and O–H groups in total. The normalized spacial score (nSPS) is 10.4. The van der Waals surface area contributed by atoms with E-state index in [1.54, 1.807) is 18.3 Å². The molecule has 0 aliphatic heterocycles. The Kier molecular flexibility index (Phi) is 8.34. The second-order valence-corrected chi connectivity index (χ2v) is 4.19. The molecule has 107 valence electrons. The van der Waals surface area contributed by atoms with Crippen LogP contribution >= 0.6 is 0 Å². The molecule has 0 saturated heterocycles. The fourth-order valence-corrected chi connectivity index (χ4v) is 1.24. The van der Waals surface area contributed by atoms with Crippen molar-refractivity contribution in [3.63, 3.8) is 0 Å². The first-order chi connectivity index (χ1) is 9.06. The zero-order valence-corrected chi connectivity index (χ0v) is 12.1. The third kappa shape index (κ3) is 5.06. The summed E-state index contributed by atoms with van der Waals surface area (Å²) in [5.74, 6) is 0.239. The molecular weight excluding hydrogens is 275 g/mol. The maximum absolute atomic E-state index is 9.31. The Hall–Kier alpha value is -1.20. The molecule has 3 radical (unpaired) electrons. The van der Waals surface area contributed by atoms with Crippen LogP contribution in [0.5, 0.6) is 5.75 Å². The van der Waals surface area contributed by atoms with Gasteiger partial charge in [0.15, 0.2) is 0 Å². The molecule has 6 nitrogen and oxygen atoms in total. The van der Waals surface area contributed by atoms with Gasteiger partial charge in [0.05, 0.1) is 25.4 Å². The molecule has 0 bridgehead atoms. The zero-order chi connectivity index (χ0) is 14.3. The third-order valence-electron chi connectivity index (χ3n) is 2.56. The Balaban J connectivity index is 0.000000364. The molecule has 7 heteroatoms. The van der Waals surface area contributed by atoms with Crippen molar-refractivity contribution in [3.8, 4) is 5.75 Å². The molecule has 1 aromatic heterocycles. The minimum absolute atomic E-state index is 0. The van der Waals surface area contributed by atoms with Crippen molar-refractivity contribution in [2.75, 3.05) is 19.8 Å². The molecule has 0 amide bonds. The fourth-order valence-electron chi connectivity index (χ4n) is 1.24. The number of rotatable bonds is 3. The van der Waals surface area contributed by atoms with E-state index in [4.69, 9.17) is 21.1 Å². The zero-order valence-electron chi connectivity index (χ0n) is 11.0. The van der Waals surface area contributed by atoms with Crippen molar-refractivity contribution >= 4 is 28.3 Å². The van der Waals surface area contributed by atoms with Crippen LogP contribution in [-0.4, -0.2) is 68.1 Å². The van der Waals surface area contributed by atoms with Gasteiger partial charge in [-0.15, -0.1) is 0 Å². The van der Waals surface area contributed by atoms with Crippen LogP contribution in [0, 0.1) is 0 Å². The second-order valence-electron chi connectivity index (χ2n) is 4.19. The van der Waals surface area contributed by atoms with Gasteiger partial charge in [0.25, 0.3) is 0 Å². The number of hydrogen-bond donors (Lipinski definition) is 5. The Morgan fingerprint density at radius 3 is 2.00 bits per heavy atom. The van der Waals surface area contributed by atoms with E-state index in [0.717, 1.165) is 5.39 Å². The molecule has 20 heavy (non-hydrogen) atoms. The summed E-state index contributed by atoms with van der Waals surface area (Å²) in [6, 6.07) is 9.13. The number of phenolic OH excluding ortho intramolecular Hbond substituents is 1. The molecular formula is C13H18AlN2O4. The van der Waals surface area contributed by atoms with E-state index in [-0.39, 0.29) is 23.1 Å². The van der Waals surface area contributed by atoms with Gasteiger partial charge in [0, 0.05) is 28.9 Å². The highest BCUT2D eigenvalue weighted by Gasteiger charge is 2.20. The lowest BCUT2D eigenvalue weighted by atomic mass is 10.1. The van der Waals surface area contributed by atoms with Crippen LogP contribution in [0.25, 0.3) is 10.9 Å². The van der Waals surface area contributed by atoms with E-state index in [9.17, 15) is 5.11 Å². The molecule has 0 fully saturated rings. The highest BCUT2D eigenvalue weighted by Crippen LogP contribution is 2.20. The van der Waals surface area contributed by atoms with Crippen molar-refractivity contribution in [1.82, 2.24) is 4.98 Å². The van der Waals surface area contributed by atoms with Crippen LogP contribution in [0.15, 0.2) is 36.5 Å². The minimum atomic E-state index is -1.21. The summed E-state index contributed by atoms with van der Waals surface area (Å²) in [7, 11) is 0. The maximum Gasteiger partial charge on any atom is 0.141 e. The number of hydrogen-bond acceptors (Lipinski definition) is 6. The number of nitrogens with two attached hydrogens (primary N) is 1. The van der Waals surface area contributed by atoms with E-state index in [0.29, 0.717) is 5.52 Å². The number of aromatic hydroxyl groups is 1. The Morgan fingerprint density at radius 2 is 1.55 bits per heavy atom. The Labute approximate surface area is 127 Å². The molecule has 2 aromatic rings. The van der Waals surface area contributed by atoms with Crippen LogP contribution in [0.4, 0.5) is 0 Å². The first-order valence-corrected chi connectivity index (χ1v) is 5.70. The summed E-state index contributed by atoms with van der Waals surface area (Å²) in [4.78, 5) is 4.03. The van der Waals surface area contributed by atoms with E-state index in [1.807, 2.05) is 18.2 Å². The third-order valence-corrected chi connectivity index (χ3v) is 2.56. The van der Waals surface area contributed by atoms with E-state index in [2.05, 4.69) is 4.98 Å². The van der Waals surface area contributed by atoms with Gasteiger partial charge in [-0.05, 0) is 12.1 Å². The predicted molar refractivity (Wildman–Crippen MR) is 77.3 cm³/mol. The van der Waals surface area contributed by atoms with Gasteiger partial charge in [-0.1, -0.05) is 18.2 Å². The standard InChI is InChI=1S/C9H7NO.C4H11NO3.Al/c11-8-5-1-3-7-4-2-6-10-9(7)8;5-4(1-6,2-7)3-8;/h1-6,11H;6-8H,1-3,5H2;. The number of pyridine rings is 1. The summed E-state index contributed by atoms with van der Waals surface area (Å²) in [6.45, 7) is -1.21. The van der Waals surface area contributed by atoms with Gasteiger partial charge in [-0.25, -0.2) is 0 Å². The first kappa shape index (κ1) is 18.8. The van der Waals surface area contributed by atoms with Gasteiger partial charge in [-0.2, -0.15) is 0 Å². The van der Waals surface area contributed by atoms with Crippen LogP contribution < -0.4 is 5.73 Å². The topological polar surface area (TPSA) is 120 Å². The van der Waals surface area contributed by atoms with Gasteiger partial charge < -0.3 is 26.2 Å². The SMILES string of the molecule is NC(CO)(CO)CO.Oc1cccc2cccnc12.[Al]. The summed E-state index contributed by atoms with van der Waals surface area (Å²) < 4.78 is 0. The predicted octanol–water partition coefficient (Wildman–Crippen LogP) is -0.780. The lowest BCUT2D eigenvalue weighted by Crippen LogP contribution is -2.50. The first-order valence-electron chi connectivity index (χ1n) is 5.70. The Bertz CT molecular complexity index is 507. The van der Waals surface area contributed by atoms with Crippen molar-refractivity contribution < 1.29 is 20.4 Å². The average Bonchev–Trinajstić information content (AvgIpc) is 2.48. The number of aliphatic hydroxyl groups excluding tert-OH is 3. The van der Waals surface area contributed by atoms with Crippen molar-refractivity contribution in [1.29, 1.82) is 0 Å². The number of phenols is 1. The molecule has 0 aliphatic rings. The molecule has 2 rings (SSSR count). The van der Waals surface area contributed by atoms with Crippen LogP contribution in [0.1, 0.15) is 0 Å². The van der Waals surface area contributed by atoms with E-state index >= 15 is 0 Å². The fraction of sp³-hybridized carbons (Fsp3) is 0.308. The maximum atomic E-state index is 9.31. The van der Waals surface area contributed by atoms with E-state index < -0.39 is 25.4 Å². The number of aromatic nitrogens is 1. The molecule has 0 aliphatic carbocycles. The Morgan fingerprint density at radius 1 is 1.00 bits per heavy atom. The van der Waals surface area contributed by atoms with Crippen molar-refractivity contribution in [3.05, 3.63) is 36.5 Å². The molecule has 1 heterocycles. The van der Waals surface area contributed by atoms with Gasteiger partial charge in [0.1, 0.15) is 11.3 Å². The number of benzene rings is 1. The molecule has 0 atom stereocenters. The minimum Gasteiger partial charge on any atom is -0.506 e. The summed E-state index contributed by atoms with van der Waals surface area (Å²) in [6.07, 6.45) is 1.67. The van der Waals surface area contributed by atoms with Gasteiger partial charge >= 0.3 is 0 Å². The number of aliphatic hydroxyl groups is 3. The second kappa shape index (κ2) is 8.87. The van der Waals surface area contributed by atoms with Gasteiger partial charge in [-0.3, -0.25) is 4.98 Å². The van der Waals surface area contributed by atoms with Crippen molar-refractivity contribution in [2.24, 2.45) is 5.73 Å². The highest BCUT2D eigenvalue weighted by atomic mass is 27.0. The van der Waals surface area contributed by atoms with Gasteiger partial charge in [0.2, 0.25) is 0 Å². The molecule has 1 aromatic carbocycles. The largest absolute Gasteiger partial charge is 0.506 e. The number of fused-ring (bicyclic) bond motifs is 1. The summed E-state index contributed by atoms with van der Waals surface area (Å²) in [5, 5.41) is 35.3. The molecule has 0 unspecified atom stereocenters. The lowest BCUT2D eigenvalue weighted by molar-refractivity contribution is 0.0698. The number of nitrogens with zero attached hydrogens (tertiary/aromatic N) is 1. The van der Waals surface area contributed by atoms with Crippen LogP contribution in [0.3, 0.4) is 0 Å². The van der Waals surface area contributed by atoms with E-state index in [1.165, 1.54) is 0 Å². The average molecular weight is 293 g/mol. The lowest BCUT2D eigenvalue weighted by Gasteiger charge is -2.20. The van der Waals surface area contributed by atoms with Crippen LogP contribution in [0.2, 0.25) is 0 Å². The number of para-hydroxylation sites is 1. The summed E-state index contributed by atoms with van der Waals surface area (Å²) >= 11 is 0. The monoisotopic (exact) mass is 293 g/mol. The smallest absolute Gasteiger partial charge is 0.141 e. The molecule has 0 saturated carbocycles. The quantitative estimate of drug-likeness (QED) is 0.474. The van der Waals surface area contributed by atoms with Crippen LogP contribution in [-0.2, 0) is 0 Å². The highest BCUT2D eigenvalue weighted by molar-refractivity contribution is 5.83.